The van der Waals surface area contributed by atoms with E-state index in [0.717, 1.165) is 70.6 Å². The Hall–Kier alpha value is -2.29. The van der Waals surface area contributed by atoms with Crippen LogP contribution < -0.4 is 0 Å². The quantitative estimate of drug-likeness (QED) is 0.0211. The Labute approximate surface area is 502 Å². The lowest BCUT2D eigenvalue weighted by Gasteiger charge is -2.24. The van der Waals surface area contributed by atoms with Gasteiger partial charge in [-0.3, -0.25) is 18.6 Å². The molecule has 0 saturated heterocycles. The maximum atomic E-state index is 12.8. The van der Waals surface area contributed by atoms with Gasteiger partial charge in [-0.1, -0.05) is 293 Å². The Kier molecular flexibility index (Phi) is 60.5. The van der Waals surface area contributed by atoms with E-state index in [-0.39, 0.29) is 32.0 Å². The molecule has 2 atom stereocenters. The van der Waals surface area contributed by atoms with Crippen molar-refractivity contribution in [3.63, 3.8) is 0 Å². The Balaban J connectivity index is 3.89. The van der Waals surface area contributed by atoms with E-state index in [9.17, 15) is 19.0 Å². The minimum Gasteiger partial charge on any atom is -0.462 e. The number of likely N-dealkylation sites (N-methyl/N-ethyl adjacent to an activating group) is 1. The van der Waals surface area contributed by atoms with Crippen molar-refractivity contribution in [2.24, 2.45) is 0 Å². The van der Waals surface area contributed by atoms with Crippen LogP contribution in [0, 0.1) is 0 Å². The molecule has 1 N–H and O–H groups in total. The Bertz CT molecular complexity index is 1550. The fourth-order valence-electron chi connectivity index (χ4n) is 9.94. The van der Waals surface area contributed by atoms with E-state index in [1.165, 1.54) is 225 Å². The molecule has 0 fully saturated rings. The number of rotatable bonds is 64. The average molecular weight is 1160 g/mol. The van der Waals surface area contributed by atoms with Gasteiger partial charge < -0.3 is 18.9 Å². The second-order valence-corrected chi connectivity index (χ2v) is 26.0. The number of carbonyl (C=O) groups excluding carboxylic acids is 2. The smallest absolute Gasteiger partial charge is 0.462 e. The van der Waals surface area contributed by atoms with E-state index in [1.54, 1.807) is 0 Å². The molecule has 81 heavy (non-hydrogen) atoms. The Morgan fingerprint density at radius 2 is 0.667 bits per heavy atom. The first-order chi connectivity index (χ1) is 39.5. The van der Waals surface area contributed by atoms with Crippen LogP contribution in [0.25, 0.3) is 0 Å². The predicted molar refractivity (Wildman–Crippen MR) is 349 cm³/mol. The van der Waals surface area contributed by atoms with Crippen LogP contribution in [0.5, 0.6) is 0 Å². The SMILES string of the molecule is CCCCCC/C=C\C/C=C\CCCCCCCC(=O)OCC(COP(=O)(O)OCC[N+](C)(C)C)OC(=O)CCCCCCCCCCCCCCCCCCCCCCCCCCCC/C=C\C/C=C\C/C=C\CCCCCCC. The first-order valence-corrected chi connectivity index (χ1v) is 36.0. The van der Waals surface area contributed by atoms with Gasteiger partial charge in [-0.05, 0) is 83.5 Å². The maximum absolute atomic E-state index is 12.8. The molecule has 0 amide bonds. The van der Waals surface area contributed by atoms with Gasteiger partial charge in [-0.15, -0.1) is 0 Å². The third-order valence-electron chi connectivity index (χ3n) is 15.3. The van der Waals surface area contributed by atoms with Gasteiger partial charge in [0.05, 0.1) is 27.7 Å². The van der Waals surface area contributed by atoms with Gasteiger partial charge in [0.1, 0.15) is 19.8 Å². The number of phosphoric acid groups is 1. The molecular formula is C71H133NO8P+. The Morgan fingerprint density at radius 3 is 1.00 bits per heavy atom. The Morgan fingerprint density at radius 1 is 0.383 bits per heavy atom. The molecule has 0 aliphatic rings. The van der Waals surface area contributed by atoms with Gasteiger partial charge in [-0.25, -0.2) is 4.57 Å². The van der Waals surface area contributed by atoms with Crippen LogP contribution in [0.2, 0.25) is 0 Å². The molecule has 0 aliphatic heterocycles. The molecule has 0 heterocycles. The normalized spacial score (nSPS) is 13.5. The predicted octanol–water partition coefficient (Wildman–Crippen LogP) is 22.2. The molecule has 9 nitrogen and oxygen atoms in total. The second-order valence-electron chi connectivity index (χ2n) is 24.6. The highest BCUT2D eigenvalue weighted by atomic mass is 31.2. The van der Waals surface area contributed by atoms with E-state index in [0.29, 0.717) is 17.4 Å². The van der Waals surface area contributed by atoms with Crippen LogP contribution in [-0.2, 0) is 32.7 Å². The van der Waals surface area contributed by atoms with Gasteiger partial charge in [0.2, 0.25) is 0 Å². The topological polar surface area (TPSA) is 108 Å². The number of ether oxygens (including phenoxy) is 2. The third-order valence-corrected chi connectivity index (χ3v) is 16.3. The molecule has 0 aromatic rings. The fourth-order valence-corrected chi connectivity index (χ4v) is 10.7. The lowest BCUT2D eigenvalue weighted by atomic mass is 10.0. The lowest BCUT2D eigenvalue weighted by molar-refractivity contribution is -0.870. The summed E-state index contributed by atoms with van der Waals surface area (Å²) in [7, 11) is 1.48. The summed E-state index contributed by atoms with van der Waals surface area (Å²) in [5.41, 5.74) is 0. The first-order valence-electron chi connectivity index (χ1n) is 34.5. The van der Waals surface area contributed by atoms with Gasteiger partial charge in [-0.2, -0.15) is 0 Å². The summed E-state index contributed by atoms with van der Waals surface area (Å²) in [6, 6.07) is 0. The molecule has 0 rings (SSSR count). The number of unbranched alkanes of at least 4 members (excludes halogenated alkanes) is 40. The third kappa shape index (κ3) is 66.7. The van der Waals surface area contributed by atoms with Crippen LogP contribution in [0.3, 0.4) is 0 Å². The second kappa shape index (κ2) is 62.2. The zero-order valence-corrected chi connectivity index (χ0v) is 54.9. The molecule has 10 heteroatoms. The van der Waals surface area contributed by atoms with Crippen LogP contribution in [0.4, 0.5) is 0 Å². The van der Waals surface area contributed by atoms with E-state index in [4.69, 9.17) is 18.5 Å². The van der Waals surface area contributed by atoms with E-state index in [2.05, 4.69) is 74.6 Å². The molecular weight excluding hydrogens is 1030 g/mol. The minimum absolute atomic E-state index is 0.0300. The summed E-state index contributed by atoms with van der Waals surface area (Å²) in [5, 5.41) is 0. The lowest BCUT2D eigenvalue weighted by Crippen LogP contribution is -2.37. The number of esters is 2. The summed E-state index contributed by atoms with van der Waals surface area (Å²) in [6.07, 6.45) is 82.0. The number of quaternary nitrogens is 1. The highest BCUT2D eigenvalue weighted by Gasteiger charge is 2.27. The molecule has 0 bridgehead atoms. The molecule has 0 radical (unpaired) electrons. The largest absolute Gasteiger partial charge is 0.472 e. The number of hydrogen-bond acceptors (Lipinski definition) is 7. The molecule has 0 spiro atoms. The van der Waals surface area contributed by atoms with Crippen LogP contribution >= 0.6 is 7.82 Å². The van der Waals surface area contributed by atoms with Gasteiger partial charge >= 0.3 is 19.8 Å². The van der Waals surface area contributed by atoms with Gasteiger partial charge in [0.25, 0.3) is 0 Å². The summed E-state index contributed by atoms with van der Waals surface area (Å²) in [6.45, 7) is 4.42. The van der Waals surface area contributed by atoms with E-state index >= 15 is 0 Å². The molecule has 474 valence electrons. The van der Waals surface area contributed by atoms with Crippen LogP contribution in [0.15, 0.2) is 60.8 Å². The highest BCUT2D eigenvalue weighted by molar-refractivity contribution is 7.47. The van der Waals surface area contributed by atoms with Crippen molar-refractivity contribution in [1.82, 2.24) is 0 Å². The van der Waals surface area contributed by atoms with Crippen molar-refractivity contribution >= 4 is 19.8 Å². The van der Waals surface area contributed by atoms with Crippen LogP contribution in [0.1, 0.15) is 328 Å². The molecule has 0 aliphatic carbocycles. The number of phosphoric ester groups is 1. The zero-order valence-electron chi connectivity index (χ0n) is 54.0. The summed E-state index contributed by atoms with van der Waals surface area (Å²) in [4.78, 5) is 35.7. The van der Waals surface area contributed by atoms with Crippen molar-refractivity contribution in [2.45, 2.75) is 335 Å². The van der Waals surface area contributed by atoms with Crippen molar-refractivity contribution in [3.8, 4) is 0 Å². The van der Waals surface area contributed by atoms with Crippen molar-refractivity contribution in [1.29, 1.82) is 0 Å². The maximum Gasteiger partial charge on any atom is 0.472 e. The van der Waals surface area contributed by atoms with Crippen molar-refractivity contribution < 1.29 is 42.1 Å². The van der Waals surface area contributed by atoms with Gasteiger partial charge in [0, 0.05) is 12.8 Å². The fraction of sp³-hybridized carbons (Fsp3) is 0.831. The summed E-state index contributed by atoms with van der Waals surface area (Å²) in [5.74, 6) is -0.801. The number of nitrogens with zero attached hydrogens (tertiary/aromatic N) is 1. The minimum atomic E-state index is -4.39. The molecule has 0 saturated carbocycles. The molecule has 2 unspecified atom stereocenters. The summed E-state index contributed by atoms with van der Waals surface area (Å²) < 4.78 is 34.6. The zero-order chi connectivity index (χ0) is 59.1. The van der Waals surface area contributed by atoms with Crippen molar-refractivity contribution in [3.05, 3.63) is 60.8 Å². The van der Waals surface area contributed by atoms with Crippen molar-refractivity contribution in [2.75, 3.05) is 47.5 Å². The van der Waals surface area contributed by atoms with E-state index in [1.807, 2.05) is 21.1 Å². The monoisotopic (exact) mass is 1160 g/mol. The average Bonchev–Trinajstić information content (AvgIpc) is 3.43. The number of hydrogen-bond donors (Lipinski definition) is 1. The molecule has 0 aromatic carbocycles. The summed E-state index contributed by atoms with van der Waals surface area (Å²) >= 11 is 0. The number of carbonyl (C=O) groups is 2. The first kappa shape index (κ1) is 78.7. The van der Waals surface area contributed by atoms with Crippen LogP contribution in [-0.4, -0.2) is 74.9 Å². The molecule has 0 aromatic heterocycles. The van der Waals surface area contributed by atoms with Gasteiger partial charge in [0.15, 0.2) is 6.10 Å². The van der Waals surface area contributed by atoms with E-state index < -0.39 is 26.5 Å². The number of allylic oxidation sites excluding steroid dienone is 10. The standard InChI is InChI=1S/C71H132NO8P/c1-6-8-10-12-14-16-18-20-22-24-25-26-27-28-29-30-31-32-33-34-35-36-37-38-39-40-41-42-43-44-45-46-47-48-50-52-54-56-58-60-62-64-71(74)80-69(68-79-81(75,76)78-66-65-72(3,4)5)67-77-70(73)63-61-59-57-55-53-51-49-23-21-19-17-15-13-11-9-7-2/h17-20,23-25,27-28,49,69H,6-16,21-22,26,29-48,50-68H2,1-5H3/p+1/b19-17-,20-18-,25-24-,28-27-,49-23-. The highest BCUT2D eigenvalue weighted by Crippen LogP contribution is 2.43.